The summed E-state index contributed by atoms with van der Waals surface area (Å²) in [6.45, 7) is 5.35. The molecule has 0 radical (unpaired) electrons. The maximum atomic E-state index is 13.6. The zero-order valence-electron chi connectivity index (χ0n) is 20.8. The lowest BCUT2D eigenvalue weighted by molar-refractivity contribution is -0.140. The SMILES string of the molecule is CC[C@@H](C)NC(=O)[C@H](CC)N(Cc1ccccc1)C(=O)CN(c1ccc(OC)c(Cl)c1)S(C)(=O)=O. The summed E-state index contributed by atoms with van der Waals surface area (Å²) in [5, 5.41) is 3.16. The third-order valence-electron chi connectivity index (χ3n) is 5.69. The summed E-state index contributed by atoms with van der Waals surface area (Å²) < 4.78 is 31.5. The number of carbonyl (C=O) groups excluding carboxylic acids is 2. The molecule has 2 atom stereocenters. The van der Waals surface area contributed by atoms with E-state index in [2.05, 4.69) is 5.32 Å². The Hall–Kier alpha value is -2.78. The summed E-state index contributed by atoms with van der Waals surface area (Å²) >= 11 is 6.21. The molecule has 0 aliphatic carbocycles. The molecule has 0 fully saturated rings. The summed E-state index contributed by atoms with van der Waals surface area (Å²) in [6, 6.07) is 12.9. The molecule has 0 aromatic heterocycles. The second kappa shape index (κ2) is 12.8. The van der Waals surface area contributed by atoms with Crippen molar-refractivity contribution in [3.05, 3.63) is 59.1 Å². The molecule has 1 N–H and O–H groups in total. The van der Waals surface area contributed by atoms with E-state index in [1.165, 1.54) is 30.2 Å². The van der Waals surface area contributed by atoms with Crippen molar-refractivity contribution in [3.8, 4) is 5.75 Å². The fourth-order valence-electron chi connectivity index (χ4n) is 3.56. The van der Waals surface area contributed by atoms with Gasteiger partial charge in [-0.15, -0.1) is 0 Å². The molecule has 192 valence electrons. The van der Waals surface area contributed by atoms with E-state index in [0.29, 0.717) is 12.2 Å². The summed E-state index contributed by atoms with van der Waals surface area (Å²) in [5.74, 6) is -0.393. The highest BCUT2D eigenvalue weighted by Crippen LogP contribution is 2.30. The van der Waals surface area contributed by atoms with Crippen LogP contribution in [0.15, 0.2) is 48.5 Å². The number of nitrogens with zero attached hydrogens (tertiary/aromatic N) is 2. The van der Waals surface area contributed by atoms with Gasteiger partial charge in [0.25, 0.3) is 0 Å². The highest BCUT2D eigenvalue weighted by Gasteiger charge is 2.32. The fraction of sp³-hybridized carbons (Fsp3) is 0.440. The molecular formula is C25H34ClN3O5S. The van der Waals surface area contributed by atoms with Crippen molar-refractivity contribution in [2.45, 2.75) is 52.2 Å². The number of nitrogens with one attached hydrogen (secondary N) is 1. The van der Waals surface area contributed by atoms with Crippen LogP contribution in [0.25, 0.3) is 0 Å². The topological polar surface area (TPSA) is 96.0 Å². The number of ether oxygens (including phenoxy) is 1. The van der Waals surface area contributed by atoms with Gasteiger partial charge in [0.1, 0.15) is 18.3 Å². The number of sulfonamides is 1. The van der Waals surface area contributed by atoms with Crippen LogP contribution in [0.3, 0.4) is 0 Å². The molecular weight excluding hydrogens is 490 g/mol. The molecule has 0 saturated carbocycles. The molecule has 35 heavy (non-hydrogen) atoms. The molecule has 0 aliphatic heterocycles. The Kier molecular flexibility index (Phi) is 10.4. The van der Waals surface area contributed by atoms with Crippen molar-refractivity contribution in [1.82, 2.24) is 10.2 Å². The van der Waals surface area contributed by atoms with Gasteiger partial charge in [0, 0.05) is 12.6 Å². The van der Waals surface area contributed by atoms with Gasteiger partial charge in [-0.3, -0.25) is 13.9 Å². The zero-order chi connectivity index (χ0) is 26.2. The van der Waals surface area contributed by atoms with Gasteiger partial charge in [0.2, 0.25) is 21.8 Å². The lowest BCUT2D eigenvalue weighted by Crippen LogP contribution is -2.53. The molecule has 2 amide bonds. The number of amides is 2. The molecule has 2 rings (SSSR count). The molecule has 0 unspecified atom stereocenters. The van der Waals surface area contributed by atoms with Crippen LogP contribution in [0.1, 0.15) is 39.2 Å². The molecule has 0 aliphatic rings. The monoisotopic (exact) mass is 523 g/mol. The number of rotatable bonds is 12. The Morgan fingerprint density at radius 3 is 2.26 bits per heavy atom. The predicted molar refractivity (Wildman–Crippen MR) is 139 cm³/mol. The van der Waals surface area contributed by atoms with E-state index in [-0.39, 0.29) is 29.2 Å². The van der Waals surface area contributed by atoms with Crippen LogP contribution in [0, 0.1) is 0 Å². The van der Waals surface area contributed by atoms with Gasteiger partial charge >= 0.3 is 0 Å². The first-order chi connectivity index (χ1) is 16.5. The maximum Gasteiger partial charge on any atom is 0.244 e. The van der Waals surface area contributed by atoms with E-state index in [0.717, 1.165) is 22.5 Å². The Morgan fingerprint density at radius 1 is 1.09 bits per heavy atom. The lowest BCUT2D eigenvalue weighted by atomic mass is 10.1. The summed E-state index contributed by atoms with van der Waals surface area (Å²) in [7, 11) is -2.39. The van der Waals surface area contributed by atoms with E-state index in [4.69, 9.17) is 16.3 Å². The van der Waals surface area contributed by atoms with E-state index in [1.807, 2.05) is 51.1 Å². The zero-order valence-corrected chi connectivity index (χ0v) is 22.4. The van der Waals surface area contributed by atoms with Crippen LogP contribution in [0.5, 0.6) is 5.75 Å². The van der Waals surface area contributed by atoms with Crippen molar-refractivity contribution in [3.63, 3.8) is 0 Å². The van der Waals surface area contributed by atoms with Gasteiger partial charge in [-0.2, -0.15) is 0 Å². The molecule has 0 bridgehead atoms. The highest BCUT2D eigenvalue weighted by molar-refractivity contribution is 7.92. The van der Waals surface area contributed by atoms with Crippen LogP contribution in [0.4, 0.5) is 5.69 Å². The minimum atomic E-state index is -3.85. The average molecular weight is 524 g/mol. The number of methoxy groups -OCH3 is 1. The van der Waals surface area contributed by atoms with Gasteiger partial charge in [0.15, 0.2) is 0 Å². The Labute approximate surface area is 213 Å². The van der Waals surface area contributed by atoms with Crippen LogP contribution in [-0.2, 0) is 26.2 Å². The second-order valence-corrected chi connectivity index (χ2v) is 10.7. The predicted octanol–water partition coefficient (Wildman–Crippen LogP) is 3.84. The first-order valence-corrected chi connectivity index (χ1v) is 13.7. The van der Waals surface area contributed by atoms with E-state index >= 15 is 0 Å². The molecule has 10 heteroatoms. The minimum Gasteiger partial charge on any atom is -0.495 e. The number of benzene rings is 2. The molecule has 0 heterocycles. The maximum absolute atomic E-state index is 13.6. The van der Waals surface area contributed by atoms with Crippen molar-refractivity contribution in [2.24, 2.45) is 0 Å². The average Bonchev–Trinajstić information content (AvgIpc) is 2.82. The number of carbonyl (C=O) groups is 2. The largest absolute Gasteiger partial charge is 0.495 e. The lowest BCUT2D eigenvalue weighted by Gasteiger charge is -2.33. The van der Waals surface area contributed by atoms with Crippen molar-refractivity contribution >= 4 is 39.1 Å². The van der Waals surface area contributed by atoms with Gasteiger partial charge in [-0.1, -0.05) is 55.8 Å². The highest BCUT2D eigenvalue weighted by atomic mass is 35.5. The summed E-state index contributed by atoms with van der Waals surface area (Å²) in [4.78, 5) is 28.1. The third-order valence-corrected chi connectivity index (χ3v) is 7.12. The molecule has 2 aromatic rings. The van der Waals surface area contributed by atoms with Crippen LogP contribution >= 0.6 is 11.6 Å². The van der Waals surface area contributed by atoms with Gasteiger partial charge in [0.05, 0.1) is 24.1 Å². The van der Waals surface area contributed by atoms with Crippen molar-refractivity contribution < 1.29 is 22.7 Å². The normalized spacial score (nSPS) is 13.0. The van der Waals surface area contributed by atoms with Crippen molar-refractivity contribution in [1.29, 1.82) is 0 Å². The first kappa shape index (κ1) is 28.5. The number of hydrogen-bond donors (Lipinski definition) is 1. The smallest absolute Gasteiger partial charge is 0.244 e. The number of hydrogen-bond acceptors (Lipinski definition) is 5. The molecule has 0 saturated heterocycles. The van der Waals surface area contributed by atoms with Crippen LogP contribution < -0.4 is 14.4 Å². The molecule has 8 nitrogen and oxygen atoms in total. The Balaban J connectivity index is 2.44. The number of halogens is 1. The van der Waals surface area contributed by atoms with Gasteiger partial charge in [-0.25, -0.2) is 8.42 Å². The first-order valence-electron chi connectivity index (χ1n) is 11.5. The van der Waals surface area contributed by atoms with E-state index in [1.54, 1.807) is 0 Å². The Morgan fingerprint density at radius 2 is 1.74 bits per heavy atom. The van der Waals surface area contributed by atoms with Gasteiger partial charge < -0.3 is 15.0 Å². The minimum absolute atomic E-state index is 0.0563. The van der Waals surface area contributed by atoms with Gasteiger partial charge in [-0.05, 0) is 43.5 Å². The summed E-state index contributed by atoms with van der Waals surface area (Å²) in [6.07, 6.45) is 2.13. The van der Waals surface area contributed by atoms with Crippen LogP contribution in [0.2, 0.25) is 5.02 Å². The summed E-state index contributed by atoms with van der Waals surface area (Å²) in [5.41, 5.74) is 1.05. The quantitative estimate of drug-likeness (QED) is 0.456. The van der Waals surface area contributed by atoms with E-state index < -0.39 is 28.5 Å². The molecule has 2 aromatic carbocycles. The van der Waals surface area contributed by atoms with E-state index in [9.17, 15) is 18.0 Å². The Bertz CT molecular complexity index is 1110. The van der Waals surface area contributed by atoms with Crippen molar-refractivity contribution in [2.75, 3.05) is 24.2 Å². The van der Waals surface area contributed by atoms with Crippen LogP contribution in [-0.4, -0.2) is 57.1 Å². The standard InChI is InChI=1S/C25H34ClN3O5S/c1-6-18(3)27-25(31)22(7-2)28(16-19-11-9-8-10-12-19)24(30)17-29(35(5,32)33)20-13-14-23(34-4)21(26)15-20/h8-15,18,22H,6-7,16-17H2,1-5H3,(H,27,31)/t18-,22+/m1/s1. The fourth-order valence-corrected chi connectivity index (χ4v) is 4.66. The molecule has 0 spiro atoms. The number of anilines is 1. The third kappa shape index (κ3) is 7.86. The second-order valence-electron chi connectivity index (χ2n) is 8.34.